The summed E-state index contributed by atoms with van der Waals surface area (Å²) in [5.74, 6) is 0.609. The normalized spacial score (nSPS) is 25.6. The number of rotatable bonds is 1. The Bertz CT molecular complexity index is 590. The Balaban J connectivity index is 1.75. The second-order valence-electron chi connectivity index (χ2n) is 6.24. The van der Waals surface area contributed by atoms with E-state index in [0.717, 1.165) is 19.3 Å². The number of halogens is 1. The highest BCUT2D eigenvalue weighted by molar-refractivity contribution is 6.33. The van der Waals surface area contributed by atoms with Crippen LogP contribution in [0.5, 0.6) is 0 Å². The van der Waals surface area contributed by atoms with Gasteiger partial charge in [-0.15, -0.1) is 0 Å². The lowest BCUT2D eigenvalue weighted by atomic mass is 9.88. The summed E-state index contributed by atoms with van der Waals surface area (Å²) in [5, 5.41) is 0.503. The number of likely N-dealkylation sites (tertiary alicyclic amines) is 2. The van der Waals surface area contributed by atoms with Crippen LogP contribution in [0.1, 0.15) is 36.0 Å². The van der Waals surface area contributed by atoms with Crippen molar-refractivity contribution < 1.29 is 9.59 Å². The van der Waals surface area contributed by atoms with Crippen LogP contribution in [-0.2, 0) is 4.79 Å². The van der Waals surface area contributed by atoms with Gasteiger partial charge in [0.1, 0.15) is 0 Å². The lowest BCUT2D eigenvalue weighted by molar-refractivity contribution is -0.132. The van der Waals surface area contributed by atoms with Crippen molar-refractivity contribution in [3.05, 3.63) is 34.9 Å². The smallest absolute Gasteiger partial charge is 0.255 e. The number of piperidine rings is 1. The third-order valence-electron chi connectivity index (χ3n) is 4.94. The molecule has 2 heterocycles. The molecule has 0 aliphatic carbocycles. The number of hydrogen-bond acceptors (Lipinski definition) is 2. The van der Waals surface area contributed by atoms with Gasteiger partial charge in [-0.3, -0.25) is 9.59 Å². The van der Waals surface area contributed by atoms with Crippen molar-refractivity contribution in [1.29, 1.82) is 0 Å². The minimum Gasteiger partial charge on any atom is -0.342 e. The van der Waals surface area contributed by atoms with Crippen LogP contribution in [0.3, 0.4) is 0 Å². The Morgan fingerprint density at radius 1 is 1.27 bits per heavy atom. The molecule has 2 atom stereocenters. The lowest BCUT2D eigenvalue weighted by Crippen LogP contribution is -2.51. The molecule has 0 spiro atoms. The molecule has 0 aromatic heterocycles. The zero-order chi connectivity index (χ0) is 15.7. The molecule has 3 rings (SSSR count). The Morgan fingerprint density at radius 3 is 2.82 bits per heavy atom. The molecule has 0 unspecified atom stereocenters. The first kappa shape index (κ1) is 15.3. The third kappa shape index (κ3) is 2.84. The van der Waals surface area contributed by atoms with Crippen molar-refractivity contribution in [3.63, 3.8) is 0 Å². The largest absolute Gasteiger partial charge is 0.342 e. The average Bonchev–Trinajstić information content (AvgIpc) is 2.66. The number of carbonyl (C=O) groups excluding carboxylic acids is 2. The highest BCUT2D eigenvalue weighted by Crippen LogP contribution is 2.30. The van der Waals surface area contributed by atoms with Crippen molar-refractivity contribution in [2.24, 2.45) is 5.92 Å². The van der Waals surface area contributed by atoms with Crippen LogP contribution < -0.4 is 0 Å². The molecule has 118 valence electrons. The van der Waals surface area contributed by atoms with Gasteiger partial charge in [-0.2, -0.15) is 0 Å². The summed E-state index contributed by atoms with van der Waals surface area (Å²) in [5.41, 5.74) is 0.570. The molecule has 4 nitrogen and oxygen atoms in total. The van der Waals surface area contributed by atoms with Gasteiger partial charge in [-0.1, -0.05) is 23.7 Å². The number of nitrogens with zero attached hydrogens (tertiary/aromatic N) is 2. The Morgan fingerprint density at radius 2 is 2.05 bits per heavy atom. The summed E-state index contributed by atoms with van der Waals surface area (Å²) < 4.78 is 0. The minimum atomic E-state index is 0.00211. The monoisotopic (exact) mass is 320 g/mol. The van der Waals surface area contributed by atoms with Crippen molar-refractivity contribution in [3.8, 4) is 0 Å². The van der Waals surface area contributed by atoms with E-state index < -0.39 is 0 Å². The van der Waals surface area contributed by atoms with Crippen molar-refractivity contribution in [2.45, 2.75) is 31.7 Å². The van der Waals surface area contributed by atoms with Gasteiger partial charge in [0.05, 0.1) is 10.6 Å². The quantitative estimate of drug-likeness (QED) is 0.798. The van der Waals surface area contributed by atoms with Gasteiger partial charge in [0.2, 0.25) is 5.91 Å². The molecule has 2 saturated heterocycles. The molecular formula is C17H21ClN2O2. The SMILES string of the molecule is CN1C(=O)CCC[C@H]2CN(C(=O)c3ccccc3Cl)CC[C@H]21. The predicted octanol–water partition coefficient (Wildman–Crippen LogP) is 2.81. The summed E-state index contributed by atoms with van der Waals surface area (Å²) in [6, 6.07) is 7.46. The van der Waals surface area contributed by atoms with Crippen LogP contribution in [0.4, 0.5) is 0 Å². The maximum absolute atomic E-state index is 12.7. The first-order valence-corrected chi connectivity index (χ1v) is 8.25. The maximum Gasteiger partial charge on any atom is 0.255 e. The van der Waals surface area contributed by atoms with Crippen LogP contribution in [0.2, 0.25) is 5.02 Å². The first-order chi connectivity index (χ1) is 10.6. The summed E-state index contributed by atoms with van der Waals surface area (Å²) >= 11 is 6.14. The summed E-state index contributed by atoms with van der Waals surface area (Å²) in [6.45, 7) is 1.40. The summed E-state index contributed by atoms with van der Waals surface area (Å²) in [4.78, 5) is 28.5. The molecule has 22 heavy (non-hydrogen) atoms. The Labute approximate surface area is 136 Å². The van der Waals surface area contributed by atoms with Crippen molar-refractivity contribution in [2.75, 3.05) is 20.1 Å². The van der Waals surface area contributed by atoms with E-state index in [1.54, 1.807) is 12.1 Å². The van der Waals surface area contributed by atoms with Gasteiger partial charge in [0.15, 0.2) is 0 Å². The number of benzene rings is 1. The molecule has 1 aromatic carbocycles. The summed E-state index contributed by atoms with van der Waals surface area (Å²) in [7, 11) is 1.90. The van der Waals surface area contributed by atoms with Crippen LogP contribution in [0, 0.1) is 5.92 Å². The number of amides is 2. The molecule has 1 aromatic rings. The standard InChI is InChI=1S/C17H21ClN2O2/c1-19-15-9-10-20(11-12(15)5-4-8-16(19)21)17(22)13-6-2-3-7-14(13)18/h2-3,6-7,12,15H,4-5,8-11H2,1H3/t12-,15+/m0/s1. The second kappa shape index (κ2) is 6.29. The van der Waals surface area contributed by atoms with E-state index in [2.05, 4.69) is 0 Å². The molecule has 2 aliphatic rings. The fourth-order valence-electron chi connectivity index (χ4n) is 3.68. The zero-order valence-electron chi connectivity index (χ0n) is 12.8. The second-order valence-corrected chi connectivity index (χ2v) is 6.65. The van der Waals surface area contributed by atoms with Crippen LogP contribution >= 0.6 is 11.6 Å². The fraction of sp³-hybridized carbons (Fsp3) is 0.529. The van der Waals surface area contributed by atoms with E-state index >= 15 is 0 Å². The van der Waals surface area contributed by atoms with Gasteiger partial charge in [-0.25, -0.2) is 0 Å². The lowest BCUT2D eigenvalue weighted by Gasteiger charge is -2.41. The van der Waals surface area contributed by atoms with E-state index in [1.165, 1.54) is 0 Å². The van der Waals surface area contributed by atoms with E-state index in [-0.39, 0.29) is 17.9 Å². The zero-order valence-corrected chi connectivity index (χ0v) is 13.6. The molecule has 0 radical (unpaired) electrons. The first-order valence-electron chi connectivity index (χ1n) is 7.87. The third-order valence-corrected chi connectivity index (χ3v) is 5.27. The highest BCUT2D eigenvalue weighted by atomic mass is 35.5. The van der Waals surface area contributed by atoms with Gasteiger partial charge in [0, 0.05) is 32.6 Å². The van der Waals surface area contributed by atoms with E-state index in [9.17, 15) is 9.59 Å². The molecule has 2 fully saturated rings. The molecule has 0 saturated carbocycles. The van der Waals surface area contributed by atoms with Gasteiger partial charge >= 0.3 is 0 Å². The van der Waals surface area contributed by atoms with Crippen LogP contribution in [0.15, 0.2) is 24.3 Å². The van der Waals surface area contributed by atoms with E-state index in [0.29, 0.717) is 36.0 Å². The maximum atomic E-state index is 12.7. The van der Waals surface area contributed by atoms with Crippen LogP contribution in [0.25, 0.3) is 0 Å². The van der Waals surface area contributed by atoms with Gasteiger partial charge in [0.25, 0.3) is 5.91 Å². The fourth-order valence-corrected chi connectivity index (χ4v) is 3.90. The number of carbonyl (C=O) groups is 2. The van der Waals surface area contributed by atoms with Crippen molar-refractivity contribution in [1.82, 2.24) is 9.80 Å². The van der Waals surface area contributed by atoms with Gasteiger partial charge in [-0.05, 0) is 37.3 Å². The van der Waals surface area contributed by atoms with Gasteiger partial charge < -0.3 is 9.80 Å². The predicted molar refractivity (Wildman–Crippen MR) is 85.9 cm³/mol. The molecule has 2 aliphatic heterocycles. The number of fused-ring (bicyclic) bond motifs is 1. The molecular weight excluding hydrogens is 300 g/mol. The molecule has 0 N–H and O–H groups in total. The number of hydrogen-bond donors (Lipinski definition) is 0. The molecule has 5 heteroatoms. The van der Waals surface area contributed by atoms with Crippen molar-refractivity contribution >= 4 is 23.4 Å². The Hall–Kier alpha value is -1.55. The highest BCUT2D eigenvalue weighted by Gasteiger charge is 2.37. The van der Waals surface area contributed by atoms with E-state index in [1.807, 2.05) is 29.0 Å². The molecule has 2 amide bonds. The Kier molecular flexibility index (Phi) is 4.39. The topological polar surface area (TPSA) is 40.6 Å². The molecule has 0 bridgehead atoms. The summed E-state index contributed by atoms with van der Waals surface area (Å²) in [6.07, 6.45) is 3.40. The average molecular weight is 321 g/mol. The van der Waals surface area contributed by atoms with Crippen LogP contribution in [-0.4, -0.2) is 47.8 Å². The van der Waals surface area contributed by atoms with E-state index in [4.69, 9.17) is 11.6 Å². The minimum absolute atomic E-state index is 0.00211.